The fourth-order valence-electron chi connectivity index (χ4n) is 1.24. The highest BCUT2D eigenvalue weighted by Crippen LogP contribution is 2.26. The van der Waals surface area contributed by atoms with Crippen molar-refractivity contribution < 1.29 is 9.53 Å². The molecule has 1 amide bonds. The molecule has 0 saturated carbocycles. The number of halogens is 1. The number of ether oxygens (including phenoxy) is 1. The van der Waals surface area contributed by atoms with Gasteiger partial charge in [0.05, 0.1) is 4.47 Å². The molecule has 5 heteroatoms. The maximum atomic E-state index is 11.6. The summed E-state index contributed by atoms with van der Waals surface area (Å²) in [6, 6.07) is 5.37. The number of nitrogens with one attached hydrogen (secondary N) is 1. The molecule has 1 aromatic carbocycles. The van der Waals surface area contributed by atoms with Crippen LogP contribution in [0.1, 0.15) is 20.8 Å². The number of hydrogen-bond donors (Lipinski definition) is 2. The summed E-state index contributed by atoms with van der Waals surface area (Å²) < 4.78 is 6.20. The van der Waals surface area contributed by atoms with Crippen LogP contribution in [0, 0.1) is 5.92 Å². The van der Waals surface area contributed by atoms with Crippen molar-refractivity contribution in [2.45, 2.75) is 26.8 Å². The van der Waals surface area contributed by atoms with E-state index in [9.17, 15) is 4.79 Å². The molecule has 0 aliphatic heterocycles. The number of rotatable bonds is 5. The molecule has 0 aromatic heterocycles. The minimum atomic E-state index is -0.134. The van der Waals surface area contributed by atoms with E-state index in [1.54, 1.807) is 18.2 Å². The summed E-state index contributed by atoms with van der Waals surface area (Å²) in [7, 11) is 0. The van der Waals surface area contributed by atoms with Crippen LogP contribution in [0.3, 0.4) is 0 Å². The molecule has 4 nitrogen and oxygen atoms in total. The smallest absolute Gasteiger partial charge is 0.258 e. The zero-order valence-corrected chi connectivity index (χ0v) is 12.5. The van der Waals surface area contributed by atoms with Gasteiger partial charge >= 0.3 is 0 Å². The van der Waals surface area contributed by atoms with Crippen molar-refractivity contribution in [2.24, 2.45) is 5.92 Å². The van der Waals surface area contributed by atoms with E-state index in [-0.39, 0.29) is 18.6 Å². The van der Waals surface area contributed by atoms with E-state index in [1.807, 2.05) is 6.92 Å². The van der Waals surface area contributed by atoms with Crippen molar-refractivity contribution in [1.82, 2.24) is 5.32 Å². The van der Waals surface area contributed by atoms with Crippen molar-refractivity contribution in [1.29, 1.82) is 0 Å². The van der Waals surface area contributed by atoms with Gasteiger partial charge in [0.1, 0.15) is 5.75 Å². The molecular formula is C13H19BrN2O2. The Balaban J connectivity index is 2.50. The zero-order chi connectivity index (χ0) is 13.7. The average molecular weight is 315 g/mol. The maximum absolute atomic E-state index is 11.6. The molecule has 0 bridgehead atoms. The van der Waals surface area contributed by atoms with Gasteiger partial charge in [-0.15, -0.1) is 0 Å². The molecule has 0 radical (unpaired) electrons. The van der Waals surface area contributed by atoms with Crippen molar-refractivity contribution in [3.63, 3.8) is 0 Å². The van der Waals surface area contributed by atoms with Crippen LogP contribution < -0.4 is 15.8 Å². The molecular weight excluding hydrogens is 296 g/mol. The molecule has 1 unspecified atom stereocenters. The lowest BCUT2D eigenvalue weighted by Gasteiger charge is -2.17. The van der Waals surface area contributed by atoms with Crippen LogP contribution in [-0.4, -0.2) is 18.6 Å². The third kappa shape index (κ3) is 4.56. The Morgan fingerprint density at radius 3 is 2.72 bits per heavy atom. The number of nitrogens with two attached hydrogens (primary N) is 1. The fourth-order valence-corrected chi connectivity index (χ4v) is 1.60. The highest BCUT2D eigenvalue weighted by Gasteiger charge is 2.11. The summed E-state index contributed by atoms with van der Waals surface area (Å²) in [5.74, 6) is 0.834. The number of nitrogen functional groups attached to an aromatic ring is 1. The van der Waals surface area contributed by atoms with Gasteiger partial charge in [-0.3, -0.25) is 4.79 Å². The quantitative estimate of drug-likeness (QED) is 0.821. The Bertz CT molecular complexity index is 421. The minimum absolute atomic E-state index is 0.0148. The molecule has 0 fully saturated rings. The minimum Gasteiger partial charge on any atom is -0.483 e. The van der Waals surface area contributed by atoms with E-state index < -0.39 is 0 Å². The van der Waals surface area contributed by atoms with Crippen LogP contribution in [0.5, 0.6) is 5.75 Å². The first-order valence-electron chi connectivity index (χ1n) is 5.87. The highest BCUT2D eigenvalue weighted by atomic mass is 79.9. The lowest BCUT2D eigenvalue weighted by Crippen LogP contribution is -2.38. The molecule has 0 aliphatic rings. The first-order chi connectivity index (χ1) is 8.40. The summed E-state index contributed by atoms with van der Waals surface area (Å²) >= 11 is 3.34. The third-order valence-corrected chi connectivity index (χ3v) is 3.36. The predicted octanol–water partition coefficient (Wildman–Crippen LogP) is 2.57. The first-order valence-corrected chi connectivity index (χ1v) is 6.66. The Morgan fingerprint density at radius 2 is 2.11 bits per heavy atom. The second-order valence-corrected chi connectivity index (χ2v) is 5.43. The van der Waals surface area contributed by atoms with Crippen LogP contribution in [0.2, 0.25) is 0 Å². The monoisotopic (exact) mass is 314 g/mol. The normalized spacial score (nSPS) is 12.3. The largest absolute Gasteiger partial charge is 0.483 e. The summed E-state index contributed by atoms with van der Waals surface area (Å²) in [5.41, 5.74) is 6.25. The van der Waals surface area contributed by atoms with Crippen LogP contribution in [-0.2, 0) is 4.79 Å². The Kier molecular flexibility index (Phi) is 5.47. The highest BCUT2D eigenvalue weighted by molar-refractivity contribution is 9.10. The number of anilines is 1. The number of benzene rings is 1. The number of hydrogen-bond acceptors (Lipinski definition) is 3. The van der Waals surface area contributed by atoms with E-state index in [4.69, 9.17) is 10.5 Å². The van der Waals surface area contributed by atoms with Gasteiger partial charge in [0.25, 0.3) is 5.91 Å². The van der Waals surface area contributed by atoms with Crippen LogP contribution in [0.4, 0.5) is 5.69 Å². The molecule has 1 aromatic rings. The third-order valence-electron chi connectivity index (χ3n) is 2.70. The predicted molar refractivity (Wildman–Crippen MR) is 76.5 cm³/mol. The maximum Gasteiger partial charge on any atom is 0.258 e. The van der Waals surface area contributed by atoms with Gasteiger partial charge in [-0.05, 0) is 40.9 Å². The van der Waals surface area contributed by atoms with Crippen LogP contribution >= 0.6 is 15.9 Å². The molecule has 0 saturated heterocycles. The molecule has 0 aliphatic carbocycles. The topological polar surface area (TPSA) is 64.3 Å². The van der Waals surface area contributed by atoms with Crippen molar-refractivity contribution in [3.8, 4) is 5.75 Å². The summed E-state index contributed by atoms with van der Waals surface area (Å²) in [6.07, 6.45) is 0. The van der Waals surface area contributed by atoms with Crippen LogP contribution in [0.25, 0.3) is 0 Å². The van der Waals surface area contributed by atoms with E-state index in [0.29, 0.717) is 17.4 Å². The van der Waals surface area contributed by atoms with Gasteiger partial charge in [-0.1, -0.05) is 13.8 Å². The summed E-state index contributed by atoms with van der Waals surface area (Å²) in [4.78, 5) is 11.6. The van der Waals surface area contributed by atoms with Crippen molar-refractivity contribution >= 4 is 27.5 Å². The van der Waals surface area contributed by atoms with Gasteiger partial charge < -0.3 is 15.8 Å². The van der Waals surface area contributed by atoms with Crippen LogP contribution in [0.15, 0.2) is 22.7 Å². The molecule has 0 heterocycles. The van der Waals surface area contributed by atoms with Gasteiger partial charge in [-0.25, -0.2) is 0 Å². The van der Waals surface area contributed by atoms with Gasteiger partial charge in [0, 0.05) is 17.8 Å². The van der Waals surface area contributed by atoms with Crippen molar-refractivity contribution in [3.05, 3.63) is 22.7 Å². The molecule has 18 heavy (non-hydrogen) atoms. The van der Waals surface area contributed by atoms with E-state index in [0.717, 1.165) is 4.47 Å². The molecule has 3 N–H and O–H groups in total. The summed E-state index contributed by atoms with van der Waals surface area (Å²) in [5, 5.41) is 2.87. The number of amides is 1. The fraction of sp³-hybridized carbons (Fsp3) is 0.462. The molecule has 1 atom stereocenters. The second kappa shape index (κ2) is 6.64. The van der Waals surface area contributed by atoms with Gasteiger partial charge in [0.15, 0.2) is 6.61 Å². The Morgan fingerprint density at radius 1 is 1.44 bits per heavy atom. The lowest BCUT2D eigenvalue weighted by molar-refractivity contribution is -0.124. The standard InChI is InChI=1S/C13H19BrN2O2/c1-8(2)9(3)16-13(17)7-18-12-6-10(15)4-5-11(12)14/h4-6,8-9H,7,15H2,1-3H3,(H,16,17). The first kappa shape index (κ1) is 14.8. The molecule has 100 valence electrons. The Hall–Kier alpha value is -1.23. The van der Waals surface area contributed by atoms with E-state index in [1.165, 1.54) is 0 Å². The average Bonchev–Trinajstić information content (AvgIpc) is 2.30. The van der Waals surface area contributed by atoms with Gasteiger partial charge in [0.2, 0.25) is 0 Å². The van der Waals surface area contributed by atoms with Crippen molar-refractivity contribution in [2.75, 3.05) is 12.3 Å². The van der Waals surface area contributed by atoms with Gasteiger partial charge in [-0.2, -0.15) is 0 Å². The molecule has 0 spiro atoms. The number of carbonyl (C=O) groups excluding carboxylic acids is 1. The van der Waals surface area contributed by atoms with E-state index in [2.05, 4.69) is 35.1 Å². The van der Waals surface area contributed by atoms with E-state index >= 15 is 0 Å². The Labute approximate surface area is 116 Å². The second-order valence-electron chi connectivity index (χ2n) is 4.58. The lowest BCUT2D eigenvalue weighted by atomic mass is 10.1. The molecule has 1 rings (SSSR count). The number of carbonyl (C=O) groups is 1. The zero-order valence-electron chi connectivity index (χ0n) is 10.9. The SMILES string of the molecule is CC(C)C(C)NC(=O)COc1cc(N)ccc1Br. The summed E-state index contributed by atoms with van der Waals surface area (Å²) in [6.45, 7) is 6.07.